The summed E-state index contributed by atoms with van der Waals surface area (Å²) in [6, 6.07) is 0. The molecule has 1 aliphatic heterocycles. The van der Waals surface area contributed by atoms with Crippen LogP contribution < -0.4 is 5.43 Å². The molecule has 82 valence electrons. The van der Waals surface area contributed by atoms with E-state index in [0.717, 1.165) is 0 Å². The molecule has 0 bridgehead atoms. The number of hydrogen-bond donors (Lipinski definition) is 1. The Hall–Kier alpha value is -0.940. The number of alkyl halides is 3. The highest BCUT2D eigenvalue weighted by Crippen LogP contribution is 2.24. The van der Waals surface area contributed by atoms with Crippen LogP contribution in [0.5, 0.6) is 0 Å². The molecule has 0 saturated carbocycles. The molecule has 1 heterocycles. The Morgan fingerprint density at radius 3 is 2.36 bits per heavy atom. The Bertz CT molecular complexity index is 239. The molecule has 0 unspecified atom stereocenters. The maximum Gasteiger partial charge on any atom is 0.451 e. The molecule has 3 nitrogen and oxygen atoms in total. The number of halogens is 3. The van der Waals surface area contributed by atoms with Gasteiger partial charge in [-0.2, -0.15) is 18.3 Å². The largest absolute Gasteiger partial charge is 0.451 e. The van der Waals surface area contributed by atoms with Gasteiger partial charge in [0.15, 0.2) is 0 Å². The number of nitrogens with one attached hydrogen (secondary N) is 1. The molecule has 0 fully saturated rings. The first-order valence-corrected chi connectivity index (χ1v) is 4.33. The summed E-state index contributed by atoms with van der Waals surface area (Å²) in [5.74, 6) is -0.826. The lowest BCUT2D eigenvalue weighted by atomic mass is 9.96. The van der Waals surface area contributed by atoms with Crippen molar-refractivity contribution in [3.05, 3.63) is 0 Å². The van der Waals surface area contributed by atoms with Gasteiger partial charge in [-0.3, -0.25) is 5.43 Å². The van der Waals surface area contributed by atoms with E-state index >= 15 is 0 Å². The Labute approximate surface area is 81.0 Å². The molecular formula is C8H14F3N3. The molecule has 0 atom stereocenters. The molecule has 1 rings (SSSR count). The number of amidine groups is 1. The minimum atomic E-state index is -4.37. The monoisotopic (exact) mass is 209 g/mol. The van der Waals surface area contributed by atoms with Gasteiger partial charge in [0.1, 0.15) is 6.67 Å². The van der Waals surface area contributed by atoms with E-state index in [4.69, 9.17) is 0 Å². The summed E-state index contributed by atoms with van der Waals surface area (Å²) < 4.78 is 37.1. The second kappa shape index (κ2) is 3.33. The number of nitrogens with zero attached hydrogens (tertiary/aromatic N) is 2. The molecule has 0 aliphatic carbocycles. The summed E-state index contributed by atoms with van der Waals surface area (Å²) in [6.07, 6.45) is -4.37. The van der Waals surface area contributed by atoms with Crippen molar-refractivity contribution in [2.24, 2.45) is 10.5 Å². The second-order valence-corrected chi connectivity index (χ2v) is 4.51. The van der Waals surface area contributed by atoms with Gasteiger partial charge in [0, 0.05) is 6.54 Å². The Morgan fingerprint density at radius 1 is 1.36 bits per heavy atom. The summed E-state index contributed by atoms with van der Waals surface area (Å²) in [4.78, 5) is 1.21. The fourth-order valence-corrected chi connectivity index (χ4v) is 1.29. The third kappa shape index (κ3) is 2.78. The lowest BCUT2D eigenvalue weighted by Crippen LogP contribution is -2.43. The van der Waals surface area contributed by atoms with E-state index in [2.05, 4.69) is 10.5 Å². The van der Waals surface area contributed by atoms with Crippen LogP contribution in [-0.4, -0.2) is 30.1 Å². The summed E-state index contributed by atoms with van der Waals surface area (Å²) in [5, 5.41) is 3.24. The Balaban J connectivity index is 2.69. The predicted octanol–water partition coefficient (Wildman–Crippen LogP) is 1.77. The van der Waals surface area contributed by atoms with E-state index < -0.39 is 12.0 Å². The molecule has 6 heteroatoms. The highest BCUT2D eigenvalue weighted by molar-refractivity contribution is 5.88. The van der Waals surface area contributed by atoms with Crippen LogP contribution in [0.25, 0.3) is 0 Å². The molecule has 1 N–H and O–H groups in total. The molecule has 0 spiro atoms. The fraction of sp³-hybridized carbons (Fsp3) is 0.875. The van der Waals surface area contributed by atoms with Crippen molar-refractivity contribution in [2.75, 3.05) is 13.2 Å². The smallest absolute Gasteiger partial charge is 0.332 e. The van der Waals surface area contributed by atoms with E-state index in [-0.39, 0.29) is 12.1 Å². The van der Waals surface area contributed by atoms with E-state index in [1.807, 2.05) is 20.8 Å². The van der Waals surface area contributed by atoms with Crippen LogP contribution in [0.1, 0.15) is 20.8 Å². The molecule has 0 radical (unpaired) electrons. The summed E-state index contributed by atoms with van der Waals surface area (Å²) in [6.45, 7) is 6.13. The van der Waals surface area contributed by atoms with Crippen molar-refractivity contribution in [1.29, 1.82) is 0 Å². The molecule has 0 aromatic carbocycles. The fourth-order valence-electron chi connectivity index (χ4n) is 1.29. The zero-order chi connectivity index (χ0) is 11.0. The van der Waals surface area contributed by atoms with Crippen molar-refractivity contribution in [1.82, 2.24) is 10.3 Å². The van der Waals surface area contributed by atoms with Crippen LogP contribution in [0, 0.1) is 5.41 Å². The average molecular weight is 209 g/mol. The van der Waals surface area contributed by atoms with Gasteiger partial charge in [-0.25, -0.2) is 0 Å². The Morgan fingerprint density at radius 2 is 1.93 bits per heavy atom. The number of hydrogen-bond acceptors (Lipinski definition) is 3. The lowest BCUT2D eigenvalue weighted by molar-refractivity contribution is -0.0681. The van der Waals surface area contributed by atoms with Gasteiger partial charge < -0.3 is 4.90 Å². The van der Waals surface area contributed by atoms with Crippen LogP contribution in [0.4, 0.5) is 13.2 Å². The van der Waals surface area contributed by atoms with Crippen molar-refractivity contribution >= 4 is 5.84 Å². The minimum absolute atomic E-state index is 0.131. The first kappa shape index (κ1) is 11.1. The van der Waals surface area contributed by atoms with E-state index in [1.165, 1.54) is 4.90 Å². The SMILES string of the molecule is CC(C)(C)CN1CNN=C1C(F)(F)F. The molecule has 0 saturated heterocycles. The normalized spacial score (nSPS) is 18.1. The predicted molar refractivity (Wildman–Crippen MR) is 47.7 cm³/mol. The van der Waals surface area contributed by atoms with Crippen LogP contribution in [0.2, 0.25) is 0 Å². The summed E-state index contributed by atoms with van der Waals surface area (Å²) in [5.41, 5.74) is 2.16. The van der Waals surface area contributed by atoms with Crippen molar-refractivity contribution in [2.45, 2.75) is 26.9 Å². The standard InChI is InChI=1S/C8H14F3N3/c1-7(2,3)4-14-5-12-13-6(14)8(9,10)11/h12H,4-5H2,1-3H3. The number of rotatable bonds is 1. The summed E-state index contributed by atoms with van der Waals surface area (Å²) in [7, 11) is 0. The lowest BCUT2D eigenvalue weighted by Gasteiger charge is -2.28. The van der Waals surface area contributed by atoms with Gasteiger partial charge in [0.2, 0.25) is 5.84 Å². The van der Waals surface area contributed by atoms with Crippen molar-refractivity contribution in [3.63, 3.8) is 0 Å². The van der Waals surface area contributed by atoms with Gasteiger partial charge in [0.05, 0.1) is 0 Å². The molecule has 0 aromatic rings. The van der Waals surface area contributed by atoms with E-state index in [1.54, 1.807) is 0 Å². The highest BCUT2D eigenvalue weighted by Gasteiger charge is 2.43. The summed E-state index contributed by atoms with van der Waals surface area (Å²) >= 11 is 0. The first-order chi connectivity index (χ1) is 6.20. The zero-order valence-corrected chi connectivity index (χ0v) is 8.44. The quantitative estimate of drug-likeness (QED) is 0.712. The third-order valence-electron chi connectivity index (χ3n) is 1.66. The zero-order valence-electron chi connectivity index (χ0n) is 8.44. The topological polar surface area (TPSA) is 27.6 Å². The van der Waals surface area contributed by atoms with Gasteiger partial charge in [-0.05, 0) is 5.41 Å². The van der Waals surface area contributed by atoms with E-state index in [9.17, 15) is 13.2 Å². The number of hydrazone groups is 1. The molecule has 0 amide bonds. The van der Waals surface area contributed by atoms with Crippen LogP contribution in [-0.2, 0) is 0 Å². The van der Waals surface area contributed by atoms with Gasteiger partial charge in [-0.15, -0.1) is 0 Å². The molecule has 14 heavy (non-hydrogen) atoms. The van der Waals surface area contributed by atoms with Crippen LogP contribution in [0.15, 0.2) is 5.10 Å². The van der Waals surface area contributed by atoms with Gasteiger partial charge in [0.25, 0.3) is 0 Å². The van der Waals surface area contributed by atoms with E-state index in [0.29, 0.717) is 6.54 Å². The first-order valence-electron chi connectivity index (χ1n) is 4.33. The van der Waals surface area contributed by atoms with Crippen LogP contribution in [0.3, 0.4) is 0 Å². The van der Waals surface area contributed by atoms with Crippen molar-refractivity contribution < 1.29 is 13.2 Å². The molecule has 1 aliphatic rings. The maximum atomic E-state index is 12.4. The Kier molecular flexibility index (Phi) is 2.65. The van der Waals surface area contributed by atoms with Crippen LogP contribution >= 0.6 is 0 Å². The minimum Gasteiger partial charge on any atom is -0.332 e. The van der Waals surface area contributed by atoms with Gasteiger partial charge in [-0.1, -0.05) is 20.8 Å². The third-order valence-corrected chi connectivity index (χ3v) is 1.66. The average Bonchev–Trinajstić information content (AvgIpc) is 2.29. The van der Waals surface area contributed by atoms with Gasteiger partial charge >= 0.3 is 6.18 Å². The maximum absolute atomic E-state index is 12.4. The second-order valence-electron chi connectivity index (χ2n) is 4.51. The molecular weight excluding hydrogens is 195 g/mol. The van der Waals surface area contributed by atoms with Crippen molar-refractivity contribution in [3.8, 4) is 0 Å². The molecule has 0 aromatic heterocycles. The highest BCUT2D eigenvalue weighted by atomic mass is 19.4.